The maximum absolute atomic E-state index is 11.7. The molecule has 8 heteroatoms. The molecule has 1 fully saturated rings. The molecule has 4 N–H and O–H groups in total. The minimum absolute atomic E-state index is 0.0576. The van der Waals surface area contributed by atoms with E-state index in [1.165, 1.54) is 6.92 Å². The number of thiocarbonyl (C=S) groups is 1. The van der Waals surface area contributed by atoms with E-state index in [0.717, 1.165) is 0 Å². The lowest BCUT2D eigenvalue weighted by Gasteiger charge is -2.24. The zero-order valence-electron chi connectivity index (χ0n) is 8.89. The second-order valence-electron chi connectivity index (χ2n) is 3.75. The SMILES string of the molecule is CC(C(N)=S)S(=O)(=O)NC1CCC(=O)NC1. The molecular weight excluding hydrogens is 250 g/mol. The fourth-order valence-electron chi connectivity index (χ4n) is 1.32. The summed E-state index contributed by atoms with van der Waals surface area (Å²) < 4.78 is 25.9. The van der Waals surface area contributed by atoms with Crippen LogP contribution in [0.25, 0.3) is 0 Å². The first kappa shape index (κ1) is 13.3. The number of nitrogens with two attached hydrogens (primary N) is 1. The zero-order valence-corrected chi connectivity index (χ0v) is 10.5. The van der Waals surface area contributed by atoms with Gasteiger partial charge in [-0.25, -0.2) is 13.1 Å². The van der Waals surface area contributed by atoms with E-state index in [9.17, 15) is 13.2 Å². The van der Waals surface area contributed by atoms with E-state index in [1.807, 2.05) is 0 Å². The molecule has 0 aromatic rings. The standard InChI is InChI=1S/C8H15N3O3S2/c1-5(8(9)15)16(13,14)11-6-2-3-7(12)10-4-6/h5-6,11H,2-4H2,1H3,(H2,9,15)(H,10,12). The molecule has 0 aliphatic carbocycles. The molecule has 16 heavy (non-hydrogen) atoms. The monoisotopic (exact) mass is 265 g/mol. The maximum atomic E-state index is 11.7. The number of nitrogens with one attached hydrogen (secondary N) is 2. The highest BCUT2D eigenvalue weighted by atomic mass is 32.2. The fraction of sp³-hybridized carbons (Fsp3) is 0.750. The second kappa shape index (κ2) is 5.07. The van der Waals surface area contributed by atoms with Gasteiger partial charge in [-0.1, -0.05) is 12.2 Å². The van der Waals surface area contributed by atoms with Crippen LogP contribution in [0.5, 0.6) is 0 Å². The largest absolute Gasteiger partial charge is 0.392 e. The van der Waals surface area contributed by atoms with Crippen LogP contribution in [0, 0.1) is 0 Å². The first-order valence-electron chi connectivity index (χ1n) is 4.90. The van der Waals surface area contributed by atoms with Gasteiger partial charge in [-0.3, -0.25) is 4.79 Å². The molecule has 1 heterocycles. The number of hydrogen-bond donors (Lipinski definition) is 3. The highest BCUT2D eigenvalue weighted by Crippen LogP contribution is 2.07. The summed E-state index contributed by atoms with van der Waals surface area (Å²) in [6.45, 7) is 1.74. The number of hydrogen-bond acceptors (Lipinski definition) is 4. The van der Waals surface area contributed by atoms with Crippen molar-refractivity contribution < 1.29 is 13.2 Å². The van der Waals surface area contributed by atoms with Crippen molar-refractivity contribution in [1.29, 1.82) is 0 Å². The number of rotatable bonds is 4. The minimum Gasteiger partial charge on any atom is -0.392 e. The van der Waals surface area contributed by atoms with E-state index in [-0.39, 0.29) is 16.9 Å². The smallest absolute Gasteiger partial charge is 0.221 e. The molecule has 0 bridgehead atoms. The van der Waals surface area contributed by atoms with E-state index >= 15 is 0 Å². The summed E-state index contributed by atoms with van der Waals surface area (Å²) in [4.78, 5) is 10.8. The molecule has 1 rings (SSSR count). The van der Waals surface area contributed by atoms with Crippen LogP contribution in [0.2, 0.25) is 0 Å². The van der Waals surface area contributed by atoms with Gasteiger partial charge in [0, 0.05) is 19.0 Å². The lowest BCUT2D eigenvalue weighted by molar-refractivity contribution is -0.122. The summed E-state index contributed by atoms with van der Waals surface area (Å²) in [6.07, 6.45) is 0.823. The molecule has 0 spiro atoms. The number of sulfonamides is 1. The Morgan fingerprint density at radius 3 is 2.75 bits per heavy atom. The van der Waals surface area contributed by atoms with Crippen molar-refractivity contribution in [3.05, 3.63) is 0 Å². The molecule has 1 aliphatic heterocycles. The van der Waals surface area contributed by atoms with E-state index in [4.69, 9.17) is 5.73 Å². The van der Waals surface area contributed by atoms with Crippen LogP contribution < -0.4 is 15.8 Å². The van der Waals surface area contributed by atoms with E-state index in [2.05, 4.69) is 22.3 Å². The fourth-order valence-corrected chi connectivity index (χ4v) is 2.88. The van der Waals surface area contributed by atoms with Crippen LogP contribution in [0.4, 0.5) is 0 Å². The summed E-state index contributed by atoms with van der Waals surface area (Å²) in [5, 5.41) is 1.69. The Bertz CT molecular complexity index is 383. The molecule has 0 aromatic heterocycles. The van der Waals surface area contributed by atoms with Crippen molar-refractivity contribution in [3.8, 4) is 0 Å². The van der Waals surface area contributed by atoms with Crippen LogP contribution in [0.1, 0.15) is 19.8 Å². The number of carbonyl (C=O) groups is 1. The van der Waals surface area contributed by atoms with Gasteiger partial charge in [0.1, 0.15) is 5.25 Å². The van der Waals surface area contributed by atoms with Gasteiger partial charge in [0.15, 0.2) is 0 Å². The van der Waals surface area contributed by atoms with Gasteiger partial charge in [0.05, 0.1) is 4.99 Å². The van der Waals surface area contributed by atoms with Crippen LogP contribution in [0.15, 0.2) is 0 Å². The number of piperidine rings is 1. The first-order chi connectivity index (χ1) is 7.33. The highest BCUT2D eigenvalue weighted by molar-refractivity contribution is 7.93. The quantitative estimate of drug-likeness (QED) is 0.558. The minimum atomic E-state index is -3.54. The molecule has 1 saturated heterocycles. The van der Waals surface area contributed by atoms with Crippen LogP contribution in [-0.4, -0.2) is 37.2 Å². The third-order valence-electron chi connectivity index (χ3n) is 2.46. The Morgan fingerprint density at radius 1 is 1.69 bits per heavy atom. The summed E-state index contributed by atoms with van der Waals surface area (Å²) in [5.74, 6) is -0.0576. The molecule has 1 aliphatic rings. The average molecular weight is 265 g/mol. The lowest BCUT2D eigenvalue weighted by Crippen LogP contribution is -2.51. The molecule has 0 saturated carbocycles. The van der Waals surface area contributed by atoms with Crippen LogP contribution in [-0.2, 0) is 14.8 Å². The molecular formula is C8H15N3O3S2. The van der Waals surface area contributed by atoms with Gasteiger partial charge < -0.3 is 11.1 Å². The Hall–Kier alpha value is -0.730. The summed E-state index contributed by atoms with van der Waals surface area (Å²) in [6, 6.07) is -0.278. The Balaban J connectivity index is 2.60. The van der Waals surface area contributed by atoms with Crippen LogP contribution >= 0.6 is 12.2 Å². The van der Waals surface area contributed by atoms with Crippen molar-refractivity contribution in [3.63, 3.8) is 0 Å². The molecule has 6 nitrogen and oxygen atoms in total. The number of carbonyl (C=O) groups excluding carboxylic acids is 1. The van der Waals surface area contributed by atoms with E-state index in [0.29, 0.717) is 19.4 Å². The van der Waals surface area contributed by atoms with Gasteiger partial charge in [-0.05, 0) is 13.3 Å². The van der Waals surface area contributed by atoms with Crippen molar-refractivity contribution in [2.24, 2.45) is 5.73 Å². The Morgan fingerprint density at radius 2 is 2.31 bits per heavy atom. The molecule has 2 unspecified atom stereocenters. The van der Waals surface area contributed by atoms with Crippen molar-refractivity contribution >= 4 is 33.1 Å². The maximum Gasteiger partial charge on any atom is 0.221 e. The molecule has 0 aromatic carbocycles. The van der Waals surface area contributed by atoms with Gasteiger partial charge in [-0.2, -0.15) is 0 Å². The highest BCUT2D eigenvalue weighted by Gasteiger charge is 2.28. The topological polar surface area (TPSA) is 101 Å². The van der Waals surface area contributed by atoms with E-state index in [1.54, 1.807) is 0 Å². The van der Waals surface area contributed by atoms with Gasteiger partial charge in [0.25, 0.3) is 0 Å². The Kier molecular flexibility index (Phi) is 4.22. The third kappa shape index (κ3) is 3.39. The second-order valence-corrected chi connectivity index (χ2v) is 6.25. The predicted molar refractivity (Wildman–Crippen MR) is 64.3 cm³/mol. The van der Waals surface area contributed by atoms with E-state index < -0.39 is 15.3 Å². The summed E-state index contributed by atoms with van der Waals surface area (Å²) in [7, 11) is -3.54. The van der Waals surface area contributed by atoms with Crippen molar-refractivity contribution in [1.82, 2.24) is 10.0 Å². The van der Waals surface area contributed by atoms with Crippen LogP contribution in [0.3, 0.4) is 0 Å². The number of amides is 1. The first-order valence-corrected chi connectivity index (χ1v) is 6.85. The molecule has 1 amide bonds. The third-order valence-corrected chi connectivity index (χ3v) is 4.81. The normalized spacial score (nSPS) is 23.6. The summed E-state index contributed by atoms with van der Waals surface area (Å²) in [5.41, 5.74) is 5.29. The zero-order chi connectivity index (χ0) is 12.3. The van der Waals surface area contributed by atoms with Gasteiger partial charge in [-0.15, -0.1) is 0 Å². The predicted octanol–water partition coefficient (Wildman–Crippen LogP) is -1.14. The average Bonchev–Trinajstić information content (AvgIpc) is 2.20. The van der Waals surface area contributed by atoms with Crippen molar-refractivity contribution in [2.75, 3.05) is 6.54 Å². The van der Waals surface area contributed by atoms with Crippen molar-refractivity contribution in [2.45, 2.75) is 31.1 Å². The van der Waals surface area contributed by atoms with Gasteiger partial charge in [0.2, 0.25) is 15.9 Å². The molecule has 0 radical (unpaired) electrons. The lowest BCUT2D eigenvalue weighted by atomic mass is 10.1. The molecule has 2 atom stereocenters. The molecule has 92 valence electrons. The Labute approximate surface area is 100 Å². The van der Waals surface area contributed by atoms with Gasteiger partial charge >= 0.3 is 0 Å². The summed E-state index contributed by atoms with van der Waals surface area (Å²) >= 11 is 4.64.